The average Bonchev–Trinajstić information content (AvgIpc) is 2.83. The van der Waals surface area contributed by atoms with Crippen LogP contribution in [0.25, 0.3) is 0 Å². The summed E-state index contributed by atoms with van der Waals surface area (Å²) in [6.07, 6.45) is 0. The molecule has 3 aromatic rings. The number of benzene rings is 3. The van der Waals surface area contributed by atoms with E-state index in [1.807, 2.05) is 0 Å². The van der Waals surface area contributed by atoms with E-state index in [2.05, 4.69) is 10.0 Å². The number of para-hydroxylation sites is 2. The number of aryl methyl sites for hydroxylation is 2. The third kappa shape index (κ3) is 3.57. The number of hydrogen-bond donors (Lipinski definition) is 2. The van der Waals surface area contributed by atoms with Gasteiger partial charge in [-0.05, 0) is 67.4 Å². The van der Waals surface area contributed by atoms with Crippen LogP contribution in [-0.2, 0) is 10.0 Å². The normalized spacial score (nSPS) is 12.7. The summed E-state index contributed by atoms with van der Waals surface area (Å²) in [6.45, 7) is 3.57. The second kappa shape index (κ2) is 7.38. The van der Waals surface area contributed by atoms with E-state index < -0.39 is 10.0 Å². The van der Waals surface area contributed by atoms with E-state index in [9.17, 15) is 13.2 Å². The van der Waals surface area contributed by atoms with Crippen molar-refractivity contribution in [2.75, 3.05) is 17.1 Å². The summed E-state index contributed by atoms with van der Waals surface area (Å²) in [4.78, 5) is 12.7. The van der Waals surface area contributed by atoms with Gasteiger partial charge in [0.05, 0.1) is 23.3 Å². The molecule has 0 saturated carbocycles. The SMILES string of the molecule is COc1c(C)cc(S(=O)(=O)Nc2ccc3c(c2)C(=O)Nc2ccccc2O3)cc1C. The molecule has 0 aromatic heterocycles. The lowest BCUT2D eigenvalue weighted by molar-refractivity contribution is 0.102. The lowest BCUT2D eigenvalue weighted by atomic mass is 10.1. The zero-order valence-corrected chi connectivity index (χ0v) is 17.5. The molecule has 0 fully saturated rings. The first-order valence-electron chi connectivity index (χ1n) is 9.19. The lowest BCUT2D eigenvalue weighted by Gasteiger charge is -2.14. The van der Waals surface area contributed by atoms with Crippen LogP contribution in [0.5, 0.6) is 17.2 Å². The van der Waals surface area contributed by atoms with Crippen LogP contribution in [-0.4, -0.2) is 21.4 Å². The highest BCUT2D eigenvalue weighted by molar-refractivity contribution is 7.92. The molecule has 3 aromatic carbocycles. The number of anilines is 2. The Kier molecular flexibility index (Phi) is 4.87. The van der Waals surface area contributed by atoms with Crippen LogP contribution in [0, 0.1) is 13.8 Å². The maximum Gasteiger partial charge on any atom is 0.261 e. The number of sulfonamides is 1. The number of methoxy groups -OCH3 is 1. The van der Waals surface area contributed by atoms with E-state index in [-0.39, 0.29) is 22.1 Å². The van der Waals surface area contributed by atoms with Crippen LogP contribution >= 0.6 is 0 Å². The molecule has 4 rings (SSSR count). The number of fused-ring (bicyclic) bond motifs is 2. The molecule has 1 heterocycles. The molecule has 0 unspecified atom stereocenters. The van der Waals surface area contributed by atoms with Crippen LogP contribution in [0.4, 0.5) is 11.4 Å². The van der Waals surface area contributed by atoms with E-state index >= 15 is 0 Å². The predicted octanol–water partition coefficient (Wildman–Crippen LogP) is 4.47. The third-order valence-electron chi connectivity index (χ3n) is 4.78. The Hall–Kier alpha value is -3.52. The first kappa shape index (κ1) is 19.8. The molecule has 7 nitrogen and oxygen atoms in total. The van der Waals surface area contributed by atoms with Crippen LogP contribution < -0.4 is 19.5 Å². The van der Waals surface area contributed by atoms with Crippen LogP contribution in [0.3, 0.4) is 0 Å². The Morgan fingerprint density at radius 3 is 2.37 bits per heavy atom. The highest BCUT2D eigenvalue weighted by Gasteiger charge is 2.23. The minimum absolute atomic E-state index is 0.112. The Morgan fingerprint density at radius 2 is 1.67 bits per heavy atom. The number of rotatable bonds is 4. The molecule has 0 aliphatic carbocycles. The molecular weight excluding hydrogens is 404 g/mol. The van der Waals surface area contributed by atoms with Crippen molar-refractivity contribution in [3.8, 4) is 17.2 Å². The van der Waals surface area contributed by atoms with E-state index in [0.29, 0.717) is 34.1 Å². The molecule has 1 aliphatic rings. The van der Waals surface area contributed by atoms with Gasteiger partial charge in [0.2, 0.25) is 0 Å². The Balaban J connectivity index is 1.67. The summed E-state index contributed by atoms with van der Waals surface area (Å²) < 4.78 is 39.5. The van der Waals surface area contributed by atoms with Gasteiger partial charge in [0, 0.05) is 5.69 Å². The monoisotopic (exact) mass is 424 g/mol. The highest BCUT2D eigenvalue weighted by Crippen LogP contribution is 2.36. The molecule has 0 atom stereocenters. The fourth-order valence-electron chi connectivity index (χ4n) is 3.43. The molecule has 2 N–H and O–H groups in total. The Morgan fingerprint density at radius 1 is 0.967 bits per heavy atom. The molecule has 0 bridgehead atoms. The van der Waals surface area contributed by atoms with Gasteiger partial charge in [0.25, 0.3) is 15.9 Å². The zero-order chi connectivity index (χ0) is 21.5. The van der Waals surface area contributed by atoms with Gasteiger partial charge < -0.3 is 14.8 Å². The fraction of sp³-hybridized carbons (Fsp3) is 0.136. The molecule has 0 spiro atoms. The summed E-state index contributed by atoms with van der Waals surface area (Å²) >= 11 is 0. The maximum atomic E-state index is 12.9. The first-order valence-corrected chi connectivity index (χ1v) is 10.7. The number of amides is 1. The average molecular weight is 424 g/mol. The smallest absolute Gasteiger partial charge is 0.261 e. The van der Waals surface area contributed by atoms with Gasteiger partial charge in [-0.3, -0.25) is 9.52 Å². The van der Waals surface area contributed by atoms with Gasteiger partial charge in [0.1, 0.15) is 11.5 Å². The van der Waals surface area contributed by atoms with Crippen molar-refractivity contribution < 1.29 is 22.7 Å². The second-order valence-corrected chi connectivity index (χ2v) is 8.64. The number of hydrogen-bond acceptors (Lipinski definition) is 5. The van der Waals surface area contributed by atoms with Crippen molar-refractivity contribution in [3.63, 3.8) is 0 Å². The van der Waals surface area contributed by atoms with Crippen molar-refractivity contribution in [1.29, 1.82) is 0 Å². The van der Waals surface area contributed by atoms with Crippen molar-refractivity contribution in [2.45, 2.75) is 18.7 Å². The Bertz CT molecular complexity index is 1250. The molecule has 30 heavy (non-hydrogen) atoms. The van der Waals surface area contributed by atoms with Gasteiger partial charge in [0.15, 0.2) is 5.75 Å². The summed E-state index contributed by atoms with van der Waals surface area (Å²) in [5, 5.41) is 2.77. The standard InChI is InChI=1S/C22H20N2O5S/c1-13-10-16(11-14(2)21(13)28-3)30(26,27)24-15-8-9-19-17(12-15)22(25)23-18-6-4-5-7-20(18)29-19/h4-12,24H,1-3H3,(H,23,25). The molecule has 8 heteroatoms. The predicted molar refractivity (Wildman–Crippen MR) is 114 cm³/mol. The summed E-state index contributed by atoms with van der Waals surface area (Å²) in [5.74, 6) is 1.12. The summed E-state index contributed by atoms with van der Waals surface area (Å²) in [5.41, 5.74) is 2.46. The van der Waals surface area contributed by atoms with Gasteiger partial charge in [-0.2, -0.15) is 0 Å². The second-order valence-electron chi connectivity index (χ2n) is 6.96. The van der Waals surface area contributed by atoms with Gasteiger partial charge in [-0.25, -0.2) is 8.42 Å². The maximum absolute atomic E-state index is 12.9. The van der Waals surface area contributed by atoms with Crippen molar-refractivity contribution in [2.24, 2.45) is 0 Å². The van der Waals surface area contributed by atoms with Crippen LogP contribution in [0.15, 0.2) is 59.5 Å². The number of ether oxygens (including phenoxy) is 2. The van der Waals surface area contributed by atoms with Crippen LogP contribution in [0.1, 0.15) is 21.5 Å². The van der Waals surface area contributed by atoms with Gasteiger partial charge in [-0.15, -0.1) is 0 Å². The number of carbonyl (C=O) groups is 1. The third-order valence-corrected chi connectivity index (χ3v) is 6.14. The van der Waals surface area contributed by atoms with Crippen molar-refractivity contribution in [1.82, 2.24) is 0 Å². The van der Waals surface area contributed by atoms with E-state index in [4.69, 9.17) is 9.47 Å². The van der Waals surface area contributed by atoms with E-state index in [1.165, 1.54) is 6.07 Å². The van der Waals surface area contributed by atoms with E-state index in [1.54, 1.807) is 69.5 Å². The molecule has 0 radical (unpaired) electrons. The molecule has 154 valence electrons. The molecule has 1 aliphatic heterocycles. The number of carbonyl (C=O) groups excluding carboxylic acids is 1. The minimum Gasteiger partial charge on any atom is -0.496 e. The molecule has 0 saturated heterocycles. The molecular formula is C22H20N2O5S. The largest absolute Gasteiger partial charge is 0.496 e. The zero-order valence-electron chi connectivity index (χ0n) is 16.6. The lowest BCUT2D eigenvalue weighted by Crippen LogP contribution is -2.15. The summed E-state index contributed by atoms with van der Waals surface area (Å²) in [7, 11) is -2.32. The Labute approximate surface area is 174 Å². The van der Waals surface area contributed by atoms with Gasteiger partial charge >= 0.3 is 0 Å². The highest BCUT2D eigenvalue weighted by atomic mass is 32.2. The minimum atomic E-state index is -3.87. The van der Waals surface area contributed by atoms with E-state index in [0.717, 1.165) is 0 Å². The van der Waals surface area contributed by atoms with Crippen molar-refractivity contribution in [3.05, 3.63) is 71.3 Å². The van der Waals surface area contributed by atoms with Crippen molar-refractivity contribution >= 4 is 27.3 Å². The topological polar surface area (TPSA) is 93.7 Å². The van der Waals surface area contributed by atoms with Crippen LogP contribution in [0.2, 0.25) is 0 Å². The number of nitrogens with one attached hydrogen (secondary N) is 2. The fourth-order valence-corrected chi connectivity index (χ4v) is 4.65. The van der Waals surface area contributed by atoms with Gasteiger partial charge in [-0.1, -0.05) is 12.1 Å². The summed E-state index contributed by atoms with van der Waals surface area (Å²) in [6, 6.07) is 14.7. The quantitative estimate of drug-likeness (QED) is 0.644. The molecule has 1 amide bonds. The first-order chi connectivity index (χ1) is 14.3.